The average Bonchev–Trinajstić information content (AvgIpc) is 3.42. The monoisotopic (exact) mass is 441 g/mol. The molecule has 6 nitrogen and oxygen atoms in total. The fourth-order valence-electron chi connectivity index (χ4n) is 4.36. The second-order valence-corrected chi connectivity index (χ2v) is 8.96. The Labute approximate surface area is 186 Å². The summed E-state index contributed by atoms with van der Waals surface area (Å²) in [5.41, 5.74) is 1.48. The number of carbonyl (C=O) groups is 2. The largest absolute Gasteiger partial charge is 0.469 e. The molecular formula is C24H28ClN3O3. The molecule has 2 aromatic heterocycles. The number of nitrogens with one attached hydrogen (secondary N) is 2. The van der Waals surface area contributed by atoms with Gasteiger partial charge in [-0.3, -0.25) is 9.59 Å². The normalized spacial score (nSPS) is 16.9. The van der Waals surface area contributed by atoms with Gasteiger partial charge in [0.15, 0.2) is 0 Å². The number of carbonyl (C=O) groups excluding carboxylic acids is 2. The number of halogens is 1. The summed E-state index contributed by atoms with van der Waals surface area (Å²) in [6, 6.07) is 11.2. The fourth-order valence-corrected chi connectivity index (χ4v) is 4.54. The first kappa shape index (κ1) is 21.5. The van der Waals surface area contributed by atoms with Crippen molar-refractivity contribution in [2.75, 3.05) is 13.1 Å². The van der Waals surface area contributed by atoms with E-state index >= 15 is 0 Å². The Morgan fingerprint density at radius 2 is 2.00 bits per heavy atom. The minimum atomic E-state index is -0.0912. The van der Waals surface area contributed by atoms with E-state index in [4.69, 9.17) is 16.0 Å². The molecule has 2 N–H and O–H groups in total. The molecule has 1 fully saturated rings. The number of H-pyrrole nitrogens is 1. The first-order valence-corrected chi connectivity index (χ1v) is 11.2. The number of likely N-dealkylation sites (tertiary alicyclic amines) is 1. The summed E-state index contributed by atoms with van der Waals surface area (Å²) in [5, 5.41) is 4.68. The molecule has 1 saturated heterocycles. The molecular weight excluding hydrogens is 414 g/mol. The van der Waals surface area contributed by atoms with E-state index in [0.29, 0.717) is 30.2 Å². The first-order valence-electron chi connectivity index (χ1n) is 10.8. The van der Waals surface area contributed by atoms with E-state index in [2.05, 4.69) is 10.3 Å². The molecule has 31 heavy (non-hydrogen) atoms. The molecule has 0 saturated carbocycles. The van der Waals surface area contributed by atoms with Crippen LogP contribution in [0.5, 0.6) is 0 Å². The van der Waals surface area contributed by atoms with Crippen molar-refractivity contribution in [3.63, 3.8) is 0 Å². The van der Waals surface area contributed by atoms with Crippen molar-refractivity contribution in [1.82, 2.24) is 15.2 Å². The van der Waals surface area contributed by atoms with Gasteiger partial charge in [-0.15, -0.1) is 0 Å². The van der Waals surface area contributed by atoms with Gasteiger partial charge in [-0.2, -0.15) is 0 Å². The molecule has 0 unspecified atom stereocenters. The van der Waals surface area contributed by atoms with Crippen LogP contribution in [0.15, 0.2) is 47.1 Å². The lowest BCUT2D eigenvalue weighted by Crippen LogP contribution is -2.44. The average molecular weight is 442 g/mol. The highest BCUT2D eigenvalue weighted by molar-refractivity contribution is 6.31. The van der Waals surface area contributed by atoms with Crippen molar-refractivity contribution in [1.29, 1.82) is 0 Å². The summed E-state index contributed by atoms with van der Waals surface area (Å²) in [7, 11) is 0. The molecule has 2 amide bonds. The number of piperidine rings is 1. The van der Waals surface area contributed by atoms with Crippen LogP contribution in [0.3, 0.4) is 0 Å². The molecule has 7 heteroatoms. The van der Waals surface area contributed by atoms with Crippen molar-refractivity contribution < 1.29 is 14.0 Å². The van der Waals surface area contributed by atoms with Crippen LogP contribution in [0, 0.1) is 11.8 Å². The maximum absolute atomic E-state index is 12.9. The number of hydrogen-bond donors (Lipinski definition) is 2. The van der Waals surface area contributed by atoms with Crippen LogP contribution in [0.2, 0.25) is 5.02 Å². The molecule has 4 rings (SSSR count). The molecule has 2 atom stereocenters. The number of amides is 2. The van der Waals surface area contributed by atoms with Crippen LogP contribution in [0.25, 0.3) is 10.9 Å². The molecule has 3 aromatic rings. The Hall–Kier alpha value is -2.73. The van der Waals surface area contributed by atoms with E-state index in [-0.39, 0.29) is 29.7 Å². The number of hydrogen-bond acceptors (Lipinski definition) is 3. The third-order valence-electron chi connectivity index (χ3n) is 6.24. The smallest absolute Gasteiger partial charge is 0.270 e. The fraction of sp³-hybridized carbons (Fsp3) is 0.417. The van der Waals surface area contributed by atoms with Gasteiger partial charge in [-0.1, -0.05) is 18.5 Å². The maximum atomic E-state index is 12.9. The standard InChI is InChI=1S/C24H28ClN3O3/c1-15(12-20-4-3-11-31-20)26-23(29)16(2)17-7-9-28(10-8-17)24(30)22-14-18-13-19(25)5-6-21(18)27-22/h3-6,11,13-17,27H,7-10,12H2,1-2H3,(H,26,29)/t15-,16+/m1/s1. The molecule has 1 aliphatic heterocycles. The topological polar surface area (TPSA) is 78.3 Å². The predicted octanol–water partition coefficient (Wildman–Crippen LogP) is 4.65. The minimum Gasteiger partial charge on any atom is -0.469 e. The summed E-state index contributed by atoms with van der Waals surface area (Å²) >= 11 is 6.05. The number of rotatable bonds is 6. The van der Waals surface area contributed by atoms with Crippen LogP contribution in [0.4, 0.5) is 0 Å². The number of nitrogens with zero attached hydrogens (tertiary/aromatic N) is 1. The van der Waals surface area contributed by atoms with Crippen LogP contribution in [-0.2, 0) is 11.2 Å². The predicted molar refractivity (Wildman–Crippen MR) is 121 cm³/mol. The van der Waals surface area contributed by atoms with Crippen LogP contribution < -0.4 is 5.32 Å². The summed E-state index contributed by atoms with van der Waals surface area (Å²) in [5.74, 6) is 1.10. The zero-order chi connectivity index (χ0) is 22.0. The summed E-state index contributed by atoms with van der Waals surface area (Å²) in [4.78, 5) is 30.7. The highest BCUT2D eigenvalue weighted by Crippen LogP contribution is 2.27. The SMILES string of the molecule is C[C@H](Cc1ccco1)NC(=O)[C@@H](C)C1CCN(C(=O)c2cc3cc(Cl)ccc3[nH]2)CC1. The molecule has 0 spiro atoms. The second kappa shape index (κ2) is 9.18. The van der Waals surface area contributed by atoms with E-state index < -0.39 is 0 Å². The number of aromatic nitrogens is 1. The van der Waals surface area contributed by atoms with E-state index in [1.165, 1.54) is 0 Å². The Morgan fingerprint density at radius 1 is 1.23 bits per heavy atom. The number of benzene rings is 1. The van der Waals surface area contributed by atoms with Crippen molar-refractivity contribution >= 4 is 34.3 Å². The van der Waals surface area contributed by atoms with Gasteiger partial charge in [0.05, 0.1) is 6.26 Å². The highest BCUT2D eigenvalue weighted by atomic mass is 35.5. The van der Waals surface area contributed by atoms with Gasteiger partial charge in [-0.05, 0) is 62.1 Å². The first-order chi connectivity index (χ1) is 14.9. The third kappa shape index (κ3) is 4.96. The van der Waals surface area contributed by atoms with Crippen molar-refractivity contribution in [3.8, 4) is 0 Å². The lowest BCUT2D eigenvalue weighted by atomic mass is 9.84. The van der Waals surface area contributed by atoms with Gasteiger partial charge in [-0.25, -0.2) is 0 Å². The Bertz CT molecular complexity index is 1050. The molecule has 1 aliphatic rings. The maximum Gasteiger partial charge on any atom is 0.270 e. The Balaban J connectivity index is 1.29. The molecule has 1 aromatic carbocycles. The Morgan fingerprint density at radius 3 is 2.71 bits per heavy atom. The van der Waals surface area contributed by atoms with Gasteiger partial charge in [0.2, 0.25) is 5.91 Å². The quantitative estimate of drug-likeness (QED) is 0.584. The number of furan rings is 1. The van der Waals surface area contributed by atoms with Gasteiger partial charge in [0.1, 0.15) is 11.5 Å². The lowest BCUT2D eigenvalue weighted by Gasteiger charge is -2.34. The van der Waals surface area contributed by atoms with Crippen LogP contribution in [-0.4, -0.2) is 40.8 Å². The van der Waals surface area contributed by atoms with Crippen molar-refractivity contribution in [3.05, 3.63) is 59.1 Å². The van der Waals surface area contributed by atoms with Crippen LogP contribution >= 0.6 is 11.6 Å². The molecule has 0 radical (unpaired) electrons. The summed E-state index contributed by atoms with van der Waals surface area (Å²) in [6.07, 6.45) is 3.96. The van der Waals surface area contributed by atoms with Gasteiger partial charge >= 0.3 is 0 Å². The number of fused-ring (bicyclic) bond motifs is 1. The highest BCUT2D eigenvalue weighted by Gasteiger charge is 2.31. The van der Waals surface area contributed by atoms with Gasteiger partial charge in [0.25, 0.3) is 5.91 Å². The van der Waals surface area contributed by atoms with E-state index in [0.717, 1.165) is 29.5 Å². The van der Waals surface area contributed by atoms with Crippen molar-refractivity contribution in [2.45, 2.75) is 39.2 Å². The zero-order valence-corrected chi connectivity index (χ0v) is 18.6. The summed E-state index contributed by atoms with van der Waals surface area (Å²) in [6.45, 7) is 5.28. The summed E-state index contributed by atoms with van der Waals surface area (Å²) < 4.78 is 5.36. The van der Waals surface area contributed by atoms with Crippen molar-refractivity contribution in [2.24, 2.45) is 11.8 Å². The van der Waals surface area contributed by atoms with Gasteiger partial charge in [0, 0.05) is 47.4 Å². The molecule has 0 aliphatic carbocycles. The molecule has 3 heterocycles. The molecule has 0 bridgehead atoms. The van der Waals surface area contributed by atoms with E-state index in [9.17, 15) is 9.59 Å². The zero-order valence-electron chi connectivity index (χ0n) is 17.9. The third-order valence-corrected chi connectivity index (χ3v) is 6.47. The molecule has 164 valence electrons. The minimum absolute atomic E-state index is 0.00468. The Kier molecular flexibility index (Phi) is 6.37. The lowest BCUT2D eigenvalue weighted by molar-refractivity contribution is -0.127. The second-order valence-electron chi connectivity index (χ2n) is 8.53. The van der Waals surface area contributed by atoms with E-state index in [1.54, 1.807) is 6.26 Å². The van der Waals surface area contributed by atoms with Crippen LogP contribution in [0.1, 0.15) is 42.9 Å². The van der Waals surface area contributed by atoms with Gasteiger partial charge < -0.3 is 19.6 Å². The van der Waals surface area contributed by atoms with E-state index in [1.807, 2.05) is 55.1 Å². The number of aromatic amines is 1.